The minimum Gasteiger partial charge on any atom is -0.493 e. The van der Waals surface area contributed by atoms with Crippen LogP contribution < -0.4 is 14.8 Å². The molecule has 0 unspecified atom stereocenters. The molecule has 0 aromatic heterocycles. The molecule has 6 nitrogen and oxygen atoms in total. The van der Waals surface area contributed by atoms with Gasteiger partial charge in [0.05, 0.1) is 24.9 Å². The first-order valence-corrected chi connectivity index (χ1v) is 10.1. The fourth-order valence-electron chi connectivity index (χ4n) is 2.72. The van der Waals surface area contributed by atoms with Crippen molar-refractivity contribution in [1.82, 2.24) is 4.90 Å². The van der Waals surface area contributed by atoms with E-state index in [1.807, 2.05) is 13.0 Å². The summed E-state index contributed by atoms with van der Waals surface area (Å²) >= 11 is 12.0. The van der Waals surface area contributed by atoms with Gasteiger partial charge >= 0.3 is 0 Å². The third-order valence-electron chi connectivity index (χ3n) is 4.17. The molecule has 0 aliphatic rings. The van der Waals surface area contributed by atoms with E-state index in [0.29, 0.717) is 40.2 Å². The van der Waals surface area contributed by atoms with Gasteiger partial charge in [0, 0.05) is 17.6 Å². The maximum absolute atomic E-state index is 12.6. The van der Waals surface area contributed by atoms with Gasteiger partial charge in [-0.25, -0.2) is 0 Å². The van der Waals surface area contributed by atoms with Gasteiger partial charge in [-0.05, 0) is 48.4 Å². The zero-order chi connectivity index (χ0) is 22.1. The first kappa shape index (κ1) is 23.6. The van der Waals surface area contributed by atoms with Crippen molar-refractivity contribution in [1.29, 1.82) is 0 Å². The highest BCUT2D eigenvalue weighted by Crippen LogP contribution is 2.28. The molecule has 0 saturated heterocycles. The van der Waals surface area contributed by atoms with Gasteiger partial charge in [-0.1, -0.05) is 36.2 Å². The molecule has 0 spiro atoms. The van der Waals surface area contributed by atoms with Crippen molar-refractivity contribution in [3.05, 3.63) is 58.1 Å². The topological polar surface area (TPSA) is 67.9 Å². The first-order chi connectivity index (χ1) is 14.4. The molecule has 0 fully saturated rings. The van der Waals surface area contributed by atoms with E-state index in [1.165, 1.54) is 11.0 Å². The van der Waals surface area contributed by atoms with E-state index in [0.717, 1.165) is 5.56 Å². The minimum atomic E-state index is -0.361. The second-order valence-electron chi connectivity index (χ2n) is 6.38. The van der Waals surface area contributed by atoms with Gasteiger partial charge in [-0.2, -0.15) is 0 Å². The third-order valence-corrected chi connectivity index (χ3v) is 4.73. The Morgan fingerprint density at radius 2 is 1.80 bits per heavy atom. The molecule has 160 valence electrons. The molecule has 0 aliphatic heterocycles. The Morgan fingerprint density at radius 1 is 1.07 bits per heavy atom. The number of amides is 2. The molecule has 0 saturated carbocycles. The number of hydrogen-bond acceptors (Lipinski definition) is 4. The molecule has 0 radical (unpaired) electrons. The van der Waals surface area contributed by atoms with Crippen molar-refractivity contribution in [2.45, 2.75) is 13.3 Å². The smallest absolute Gasteiger partial charge is 0.247 e. The summed E-state index contributed by atoms with van der Waals surface area (Å²) in [5.41, 5.74) is 1.17. The summed E-state index contributed by atoms with van der Waals surface area (Å²) in [5, 5.41) is 3.52. The molecule has 1 N–H and O–H groups in total. The Bertz CT molecular complexity index is 931. The van der Waals surface area contributed by atoms with Gasteiger partial charge in [-0.15, -0.1) is 0 Å². The first-order valence-electron chi connectivity index (χ1n) is 9.31. The van der Waals surface area contributed by atoms with Crippen molar-refractivity contribution in [2.75, 3.05) is 32.6 Å². The molecular formula is C22H24Cl2N2O4. The number of halogens is 2. The summed E-state index contributed by atoms with van der Waals surface area (Å²) in [4.78, 5) is 26.5. The highest BCUT2D eigenvalue weighted by atomic mass is 35.5. The van der Waals surface area contributed by atoms with Gasteiger partial charge in [0.25, 0.3) is 0 Å². The Labute approximate surface area is 186 Å². The third kappa shape index (κ3) is 6.68. The number of carbonyl (C=O) groups excluding carboxylic acids is 2. The van der Waals surface area contributed by atoms with Crippen LogP contribution in [0.3, 0.4) is 0 Å². The number of methoxy groups -OCH3 is 2. The van der Waals surface area contributed by atoms with E-state index in [2.05, 4.69) is 5.32 Å². The molecule has 2 rings (SSSR count). The summed E-state index contributed by atoms with van der Waals surface area (Å²) < 4.78 is 10.5. The lowest BCUT2D eigenvalue weighted by molar-refractivity contribution is -0.130. The van der Waals surface area contributed by atoms with Crippen molar-refractivity contribution in [3.8, 4) is 11.5 Å². The molecule has 2 aromatic carbocycles. The average molecular weight is 451 g/mol. The standard InChI is InChI=1S/C22H24Cl2N2O4/c1-4-11-26(14-21(27)25-18-13-16(23)7-8-17(18)24)22(28)10-6-15-5-9-19(29-2)20(12-15)30-3/h5-10,12-13H,4,11,14H2,1-3H3,(H,25,27)/b10-6+. The Balaban J connectivity index is 2.07. The second-order valence-corrected chi connectivity index (χ2v) is 7.22. The van der Waals surface area contributed by atoms with E-state index >= 15 is 0 Å². The molecule has 0 atom stereocenters. The molecule has 0 aliphatic carbocycles. The highest BCUT2D eigenvalue weighted by molar-refractivity contribution is 6.35. The number of hydrogen-bond donors (Lipinski definition) is 1. The largest absolute Gasteiger partial charge is 0.493 e. The van der Waals surface area contributed by atoms with Crippen LogP contribution in [0.4, 0.5) is 5.69 Å². The monoisotopic (exact) mass is 450 g/mol. The summed E-state index contributed by atoms with van der Waals surface area (Å²) in [7, 11) is 3.10. The number of anilines is 1. The van der Waals surface area contributed by atoms with Crippen molar-refractivity contribution >= 4 is 46.8 Å². The van der Waals surface area contributed by atoms with Crippen molar-refractivity contribution in [2.24, 2.45) is 0 Å². The normalized spacial score (nSPS) is 10.7. The van der Waals surface area contributed by atoms with Crippen LogP contribution in [0.25, 0.3) is 6.08 Å². The van der Waals surface area contributed by atoms with Crippen LogP contribution in [0.5, 0.6) is 11.5 Å². The number of rotatable bonds is 9. The van der Waals surface area contributed by atoms with Gasteiger partial charge in [0.15, 0.2) is 11.5 Å². The summed E-state index contributed by atoms with van der Waals surface area (Å²) in [6.45, 7) is 2.27. The number of carbonyl (C=O) groups is 2. The lowest BCUT2D eigenvalue weighted by atomic mass is 10.2. The molecule has 2 aromatic rings. The Kier molecular flexibility index (Phi) is 9.02. The van der Waals surface area contributed by atoms with E-state index in [9.17, 15) is 9.59 Å². The fraction of sp³-hybridized carbons (Fsp3) is 0.273. The van der Waals surface area contributed by atoms with Gasteiger partial charge < -0.3 is 19.7 Å². The number of ether oxygens (including phenoxy) is 2. The van der Waals surface area contributed by atoms with E-state index in [1.54, 1.807) is 50.6 Å². The molecular weight excluding hydrogens is 427 g/mol. The van der Waals surface area contributed by atoms with Gasteiger partial charge in [-0.3, -0.25) is 9.59 Å². The maximum Gasteiger partial charge on any atom is 0.247 e. The lowest BCUT2D eigenvalue weighted by Gasteiger charge is -2.20. The van der Waals surface area contributed by atoms with Crippen LogP contribution in [0.1, 0.15) is 18.9 Å². The number of benzene rings is 2. The summed E-state index contributed by atoms with van der Waals surface area (Å²) in [6, 6.07) is 10.1. The van der Waals surface area contributed by atoms with Crippen molar-refractivity contribution < 1.29 is 19.1 Å². The van der Waals surface area contributed by atoms with E-state index in [-0.39, 0.29) is 18.4 Å². The maximum atomic E-state index is 12.6. The van der Waals surface area contributed by atoms with Crippen LogP contribution >= 0.6 is 23.2 Å². The average Bonchev–Trinajstić information content (AvgIpc) is 2.74. The van der Waals surface area contributed by atoms with Crippen LogP contribution in [-0.2, 0) is 9.59 Å². The zero-order valence-electron chi connectivity index (χ0n) is 17.1. The molecule has 0 bridgehead atoms. The van der Waals surface area contributed by atoms with Crippen LogP contribution in [0.2, 0.25) is 10.0 Å². The van der Waals surface area contributed by atoms with Gasteiger partial charge in [0.1, 0.15) is 6.54 Å². The predicted molar refractivity (Wildman–Crippen MR) is 121 cm³/mol. The lowest BCUT2D eigenvalue weighted by Crippen LogP contribution is -2.37. The SMILES string of the molecule is CCCN(CC(=O)Nc1cc(Cl)ccc1Cl)C(=O)/C=C/c1ccc(OC)c(OC)c1. The molecule has 30 heavy (non-hydrogen) atoms. The Morgan fingerprint density at radius 3 is 2.47 bits per heavy atom. The number of nitrogens with one attached hydrogen (secondary N) is 1. The highest BCUT2D eigenvalue weighted by Gasteiger charge is 2.15. The zero-order valence-corrected chi connectivity index (χ0v) is 18.6. The van der Waals surface area contributed by atoms with E-state index < -0.39 is 0 Å². The predicted octanol–water partition coefficient (Wildman–Crippen LogP) is 4.90. The van der Waals surface area contributed by atoms with Crippen molar-refractivity contribution in [3.63, 3.8) is 0 Å². The molecule has 8 heteroatoms. The second kappa shape index (κ2) is 11.5. The van der Waals surface area contributed by atoms with E-state index in [4.69, 9.17) is 32.7 Å². The molecule has 2 amide bonds. The number of nitrogens with zero attached hydrogens (tertiary/aromatic N) is 1. The summed E-state index contributed by atoms with van der Waals surface area (Å²) in [5.74, 6) is 0.527. The van der Waals surface area contributed by atoms with Crippen LogP contribution in [0, 0.1) is 0 Å². The van der Waals surface area contributed by atoms with Crippen LogP contribution in [0.15, 0.2) is 42.5 Å². The Hall–Kier alpha value is -2.70. The van der Waals surface area contributed by atoms with Crippen LogP contribution in [-0.4, -0.2) is 44.0 Å². The molecule has 0 heterocycles. The van der Waals surface area contributed by atoms with Gasteiger partial charge in [0.2, 0.25) is 11.8 Å². The minimum absolute atomic E-state index is 0.105. The quantitative estimate of drug-likeness (QED) is 0.551. The fourth-order valence-corrected chi connectivity index (χ4v) is 3.06. The summed E-state index contributed by atoms with van der Waals surface area (Å²) in [6.07, 6.45) is 3.80.